The first-order chi connectivity index (χ1) is 17.2. The number of rotatable bonds is 7. The minimum atomic E-state index is -1.01. The van der Waals surface area contributed by atoms with Crippen LogP contribution in [0.4, 0.5) is 4.39 Å². The molecule has 3 N–H and O–H groups in total. The first-order valence-corrected chi connectivity index (χ1v) is 12.3. The molecule has 0 radical (unpaired) electrons. The largest absolute Gasteiger partial charge is 0.391 e. The van der Waals surface area contributed by atoms with E-state index in [0.29, 0.717) is 35.1 Å². The molecule has 1 saturated carbocycles. The summed E-state index contributed by atoms with van der Waals surface area (Å²) in [4.78, 5) is 39.0. The zero-order valence-corrected chi connectivity index (χ0v) is 20.8. The second-order valence-electron chi connectivity index (χ2n) is 9.63. The van der Waals surface area contributed by atoms with Crippen molar-refractivity contribution in [3.63, 3.8) is 0 Å². The fourth-order valence-electron chi connectivity index (χ4n) is 4.68. The van der Waals surface area contributed by atoms with Gasteiger partial charge in [-0.25, -0.2) is 14.4 Å². The van der Waals surface area contributed by atoms with E-state index >= 15 is 0 Å². The van der Waals surface area contributed by atoms with Crippen molar-refractivity contribution in [2.24, 2.45) is 11.1 Å². The fraction of sp³-hybridized carbons (Fsp3) is 0.500. The molecule has 1 aliphatic carbocycles. The number of aliphatic hydroxyl groups excluding tert-OH is 1. The Bertz CT molecular complexity index is 1160. The van der Waals surface area contributed by atoms with Crippen molar-refractivity contribution in [2.45, 2.75) is 77.7 Å². The van der Waals surface area contributed by atoms with Crippen molar-refractivity contribution in [3.8, 4) is 0 Å². The van der Waals surface area contributed by atoms with Crippen LogP contribution in [-0.4, -0.2) is 50.9 Å². The molecule has 2 heterocycles. The van der Waals surface area contributed by atoms with Gasteiger partial charge in [-0.2, -0.15) is 0 Å². The molecule has 10 heteroatoms. The van der Waals surface area contributed by atoms with Gasteiger partial charge in [0.1, 0.15) is 35.3 Å². The van der Waals surface area contributed by atoms with Gasteiger partial charge in [-0.1, -0.05) is 17.3 Å². The Morgan fingerprint density at radius 1 is 1.17 bits per heavy atom. The van der Waals surface area contributed by atoms with Gasteiger partial charge in [-0.15, -0.1) is 0 Å². The molecular formula is C26H32FN5O4. The third kappa shape index (κ3) is 6.23. The summed E-state index contributed by atoms with van der Waals surface area (Å²) in [5.74, 6) is -0.216. The van der Waals surface area contributed by atoms with E-state index < -0.39 is 6.10 Å². The number of nitrogens with zero attached hydrogens (tertiary/aromatic N) is 3. The number of benzene rings is 1. The highest BCUT2D eigenvalue weighted by atomic mass is 19.1. The Balaban J connectivity index is 1.33. The lowest BCUT2D eigenvalue weighted by Gasteiger charge is -2.31. The van der Waals surface area contributed by atoms with E-state index in [0.717, 1.165) is 31.2 Å². The zero-order chi connectivity index (χ0) is 25.8. The van der Waals surface area contributed by atoms with Gasteiger partial charge in [-0.3, -0.25) is 9.59 Å². The van der Waals surface area contributed by atoms with Gasteiger partial charge in [0.15, 0.2) is 0 Å². The topological polar surface area (TPSA) is 126 Å². The Hall–Kier alpha value is -3.40. The van der Waals surface area contributed by atoms with Crippen LogP contribution in [0, 0.1) is 25.6 Å². The van der Waals surface area contributed by atoms with Crippen LogP contribution in [-0.2, 0) is 16.2 Å². The average molecular weight is 498 g/mol. The molecule has 2 aromatic rings. The van der Waals surface area contributed by atoms with Crippen LogP contribution in [0.3, 0.4) is 0 Å². The van der Waals surface area contributed by atoms with E-state index in [-0.39, 0.29) is 42.0 Å². The lowest BCUT2D eigenvalue weighted by Crippen LogP contribution is -2.43. The molecule has 0 spiro atoms. The summed E-state index contributed by atoms with van der Waals surface area (Å²) in [6.07, 6.45) is 2.91. The number of oxime groups is 1. The average Bonchev–Trinajstić information content (AvgIpc) is 3.35. The van der Waals surface area contributed by atoms with E-state index in [9.17, 15) is 19.1 Å². The van der Waals surface area contributed by atoms with E-state index in [2.05, 4.69) is 25.8 Å². The third-order valence-electron chi connectivity index (χ3n) is 6.76. The maximum atomic E-state index is 13.5. The Morgan fingerprint density at radius 3 is 2.61 bits per heavy atom. The van der Waals surface area contributed by atoms with Crippen molar-refractivity contribution >= 4 is 17.5 Å². The predicted molar refractivity (Wildman–Crippen MR) is 131 cm³/mol. The highest BCUT2D eigenvalue weighted by molar-refractivity contribution is 6.01. The van der Waals surface area contributed by atoms with Gasteiger partial charge >= 0.3 is 0 Å². The van der Waals surface area contributed by atoms with Crippen LogP contribution in [0.15, 0.2) is 29.4 Å². The van der Waals surface area contributed by atoms with Gasteiger partial charge in [-0.05, 0) is 75.6 Å². The molecule has 4 rings (SSSR count). The summed E-state index contributed by atoms with van der Waals surface area (Å²) in [6, 6.07) is 6.40. The molecule has 0 bridgehead atoms. The minimum absolute atomic E-state index is 0.0644. The SMILES string of the molecule is Cc1nc(C(=O)NCc2ccc(F)c(C)c2)cc(C2=NOC(C3CCC(NC(=O)[C@H](C)O)CC3)C2)n1. The van der Waals surface area contributed by atoms with Crippen LogP contribution >= 0.6 is 0 Å². The van der Waals surface area contributed by atoms with Gasteiger partial charge in [0, 0.05) is 19.0 Å². The van der Waals surface area contributed by atoms with Gasteiger partial charge < -0.3 is 20.6 Å². The van der Waals surface area contributed by atoms with Crippen molar-refractivity contribution in [3.05, 3.63) is 58.4 Å². The van der Waals surface area contributed by atoms with Crippen LogP contribution in [0.1, 0.15) is 72.2 Å². The maximum absolute atomic E-state index is 13.5. The number of amides is 2. The molecule has 0 saturated heterocycles. The summed E-state index contributed by atoms with van der Waals surface area (Å²) < 4.78 is 13.5. The smallest absolute Gasteiger partial charge is 0.270 e. The molecule has 1 aromatic heterocycles. The predicted octanol–water partition coefficient (Wildman–Crippen LogP) is 2.71. The van der Waals surface area contributed by atoms with Gasteiger partial charge in [0.2, 0.25) is 5.91 Å². The monoisotopic (exact) mass is 497 g/mol. The number of halogens is 1. The normalized spacial score (nSPS) is 22.4. The summed E-state index contributed by atoms with van der Waals surface area (Å²) in [6.45, 7) is 5.12. The highest BCUT2D eigenvalue weighted by Crippen LogP contribution is 2.33. The summed E-state index contributed by atoms with van der Waals surface area (Å²) in [5, 5.41) is 19.4. The molecule has 1 fully saturated rings. The van der Waals surface area contributed by atoms with Crippen LogP contribution < -0.4 is 10.6 Å². The number of hydrogen-bond acceptors (Lipinski definition) is 7. The second kappa shape index (κ2) is 11.1. The molecule has 2 aliphatic rings. The van der Waals surface area contributed by atoms with Crippen molar-refractivity contribution in [2.75, 3.05) is 0 Å². The number of nitrogens with one attached hydrogen (secondary N) is 2. The summed E-state index contributed by atoms with van der Waals surface area (Å²) in [7, 11) is 0. The van der Waals surface area contributed by atoms with Crippen LogP contribution in [0.5, 0.6) is 0 Å². The summed E-state index contributed by atoms with van der Waals surface area (Å²) >= 11 is 0. The van der Waals surface area contributed by atoms with E-state index in [4.69, 9.17) is 4.84 Å². The molecule has 1 aromatic carbocycles. The van der Waals surface area contributed by atoms with E-state index in [1.54, 1.807) is 32.0 Å². The van der Waals surface area contributed by atoms with Gasteiger partial charge in [0.05, 0.1) is 5.69 Å². The van der Waals surface area contributed by atoms with Gasteiger partial charge in [0.25, 0.3) is 5.91 Å². The fourth-order valence-corrected chi connectivity index (χ4v) is 4.68. The molecule has 2 atom stereocenters. The van der Waals surface area contributed by atoms with Crippen molar-refractivity contribution < 1.29 is 23.9 Å². The number of aliphatic hydroxyl groups is 1. The first-order valence-electron chi connectivity index (χ1n) is 12.3. The number of carbonyl (C=O) groups excluding carboxylic acids is 2. The molecule has 192 valence electrons. The minimum Gasteiger partial charge on any atom is -0.391 e. The summed E-state index contributed by atoms with van der Waals surface area (Å²) in [5.41, 5.74) is 2.79. The lowest BCUT2D eigenvalue weighted by atomic mass is 9.81. The number of aromatic nitrogens is 2. The third-order valence-corrected chi connectivity index (χ3v) is 6.76. The molecule has 9 nitrogen and oxygen atoms in total. The van der Waals surface area contributed by atoms with Crippen molar-refractivity contribution in [1.82, 2.24) is 20.6 Å². The standard InChI is InChI=1S/C26H32FN5O4/c1-14-10-17(4-9-20(14)27)13-28-26(35)23-11-21(29-16(3)30-23)22-12-24(36-32-22)18-5-7-19(8-6-18)31-25(34)15(2)33/h4,9-11,15,18-19,24,33H,5-8,12-13H2,1-3H3,(H,28,35)(H,31,34)/t15-,18?,19?,24?/m0/s1. The lowest BCUT2D eigenvalue weighted by molar-refractivity contribution is -0.129. The Morgan fingerprint density at radius 2 is 1.92 bits per heavy atom. The molecular weight excluding hydrogens is 465 g/mol. The van der Waals surface area contributed by atoms with Crippen LogP contribution in [0.2, 0.25) is 0 Å². The van der Waals surface area contributed by atoms with E-state index in [1.807, 2.05) is 0 Å². The quantitative estimate of drug-likeness (QED) is 0.540. The van der Waals surface area contributed by atoms with Crippen LogP contribution in [0.25, 0.3) is 0 Å². The Kier molecular flexibility index (Phi) is 7.93. The second-order valence-corrected chi connectivity index (χ2v) is 9.63. The molecule has 1 unspecified atom stereocenters. The molecule has 36 heavy (non-hydrogen) atoms. The molecule has 2 amide bonds. The number of carbonyl (C=O) groups is 2. The Labute approximate surface area is 209 Å². The molecule has 1 aliphatic heterocycles. The van der Waals surface area contributed by atoms with E-state index in [1.165, 1.54) is 13.0 Å². The maximum Gasteiger partial charge on any atom is 0.270 e. The number of hydrogen-bond donors (Lipinski definition) is 3. The number of aryl methyl sites for hydroxylation is 2. The first kappa shape index (κ1) is 25.7. The highest BCUT2D eigenvalue weighted by Gasteiger charge is 2.34. The zero-order valence-electron chi connectivity index (χ0n) is 20.8. The van der Waals surface area contributed by atoms with Crippen molar-refractivity contribution in [1.29, 1.82) is 0 Å².